The highest BCUT2D eigenvalue weighted by atomic mass is 31.2. The van der Waals surface area contributed by atoms with E-state index in [1.807, 2.05) is 55.5 Å². The summed E-state index contributed by atoms with van der Waals surface area (Å²) in [7, 11) is -4.61. The van der Waals surface area contributed by atoms with Crippen LogP contribution in [0.3, 0.4) is 0 Å². The molecule has 2 aromatic carbocycles. The van der Waals surface area contributed by atoms with Gasteiger partial charge in [-0.1, -0.05) is 76.1 Å². The predicted octanol–water partition coefficient (Wildman–Crippen LogP) is 6.68. The SMILES string of the molecule is CCCCCCCCCCOc1cccc(CCC(=O)N(CCOP(=O)(O)O)Cc2ccc(OCC)cc2)c1. The van der Waals surface area contributed by atoms with E-state index < -0.39 is 7.82 Å². The number of phosphoric acid groups is 1. The van der Waals surface area contributed by atoms with Gasteiger partial charge in [0.15, 0.2) is 0 Å². The molecule has 0 atom stereocenters. The molecular weight excluding hydrogens is 517 g/mol. The Labute approximate surface area is 233 Å². The Bertz CT molecular complexity index is 993. The lowest BCUT2D eigenvalue weighted by atomic mass is 10.1. The second-order valence-corrected chi connectivity index (χ2v) is 10.9. The Morgan fingerprint density at radius 1 is 0.821 bits per heavy atom. The van der Waals surface area contributed by atoms with E-state index in [9.17, 15) is 9.36 Å². The lowest BCUT2D eigenvalue weighted by molar-refractivity contribution is -0.132. The van der Waals surface area contributed by atoms with Crippen molar-refractivity contribution in [2.75, 3.05) is 26.4 Å². The molecule has 0 aliphatic rings. The highest BCUT2D eigenvalue weighted by Gasteiger charge is 2.18. The zero-order valence-corrected chi connectivity index (χ0v) is 24.4. The standard InChI is InChI=1S/C30H46NO7P/c1-3-5-6-7-8-9-10-11-22-37-29-14-12-13-26(24-29)17-20-30(32)31(21-23-38-39(33,34)35)25-27-15-18-28(19-16-27)36-4-2/h12-16,18-19,24H,3-11,17,20-23,25H2,1-2H3,(H2,33,34,35). The molecule has 0 aliphatic heterocycles. The van der Waals surface area contributed by atoms with Crippen molar-refractivity contribution in [1.82, 2.24) is 4.90 Å². The van der Waals surface area contributed by atoms with Gasteiger partial charge in [0.1, 0.15) is 11.5 Å². The van der Waals surface area contributed by atoms with Crippen molar-refractivity contribution in [3.8, 4) is 11.5 Å². The van der Waals surface area contributed by atoms with Gasteiger partial charge in [-0.3, -0.25) is 9.32 Å². The van der Waals surface area contributed by atoms with Crippen LogP contribution in [0.25, 0.3) is 0 Å². The quantitative estimate of drug-likeness (QED) is 0.129. The molecule has 2 N–H and O–H groups in total. The van der Waals surface area contributed by atoms with Crippen molar-refractivity contribution >= 4 is 13.7 Å². The van der Waals surface area contributed by atoms with Crippen molar-refractivity contribution in [3.05, 3.63) is 59.7 Å². The number of amides is 1. The van der Waals surface area contributed by atoms with Gasteiger partial charge in [0.05, 0.1) is 19.8 Å². The molecule has 218 valence electrons. The van der Waals surface area contributed by atoms with Crippen LogP contribution >= 0.6 is 7.82 Å². The van der Waals surface area contributed by atoms with E-state index in [1.165, 1.54) is 44.9 Å². The van der Waals surface area contributed by atoms with Gasteiger partial charge >= 0.3 is 7.82 Å². The number of benzene rings is 2. The molecule has 0 heterocycles. The van der Waals surface area contributed by atoms with Gasteiger partial charge in [-0.05, 0) is 55.2 Å². The Balaban J connectivity index is 1.84. The maximum absolute atomic E-state index is 13.1. The van der Waals surface area contributed by atoms with Crippen LogP contribution in [0, 0.1) is 0 Å². The fourth-order valence-electron chi connectivity index (χ4n) is 4.27. The Morgan fingerprint density at radius 2 is 1.51 bits per heavy atom. The largest absolute Gasteiger partial charge is 0.494 e. The van der Waals surface area contributed by atoms with Crippen LogP contribution in [0.5, 0.6) is 11.5 Å². The van der Waals surface area contributed by atoms with Gasteiger partial charge in [0.25, 0.3) is 0 Å². The fraction of sp³-hybridized carbons (Fsp3) is 0.567. The minimum absolute atomic E-state index is 0.0684. The number of carbonyl (C=O) groups is 1. The molecule has 0 aromatic heterocycles. The van der Waals surface area contributed by atoms with Crippen molar-refractivity contribution in [3.63, 3.8) is 0 Å². The predicted molar refractivity (Wildman–Crippen MR) is 154 cm³/mol. The number of ether oxygens (including phenoxy) is 2. The van der Waals surface area contributed by atoms with Gasteiger partial charge < -0.3 is 24.2 Å². The zero-order valence-electron chi connectivity index (χ0n) is 23.6. The molecule has 0 fully saturated rings. The molecule has 2 aromatic rings. The third-order valence-corrected chi connectivity index (χ3v) is 6.89. The molecule has 0 spiro atoms. The molecule has 39 heavy (non-hydrogen) atoms. The summed E-state index contributed by atoms with van der Waals surface area (Å²) in [6, 6.07) is 15.3. The molecule has 0 bridgehead atoms. The minimum atomic E-state index is -4.61. The molecule has 1 amide bonds. The molecule has 0 radical (unpaired) electrons. The zero-order chi connectivity index (χ0) is 28.3. The number of hydrogen-bond acceptors (Lipinski definition) is 5. The Morgan fingerprint density at radius 3 is 2.18 bits per heavy atom. The third-order valence-electron chi connectivity index (χ3n) is 6.37. The molecule has 2 rings (SSSR count). The average Bonchev–Trinajstić information content (AvgIpc) is 2.91. The molecule has 0 aliphatic carbocycles. The molecule has 0 saturated carbocycles. The number of aryl methyl sites for hydroxylation is 1. The van der Waals surface area contributed by atoms with E-state index in [0.29, 0.717) is 26.2 Å². The van der Waals surface area contributed by atoms with Gasteiger partial charge in [-0.25, -0.2) is 4.57 Å². The van der Waals surface area contributed by atoms with E-state index in [-0.39, 0.29) is 25.5 Å². The van der Waals surface area contributed by atoms with Crippen molar-refractivity contribution in [1.29, 1.82) is 0 Å². The van der Waals surface area contributed by atoms with Crippen LogP contribution < -0.4 is 9.47 Å². The van der Waals surface area contributed by atoms with E-state index in [4.69, 9.17) is 19.3 Å². The summed E-state index contributed by atoms with van der Waals surface area (Å²) in [6.45, 7) is 5.51. The van der Waals surface area contributed by atoms with Crippen LogP contribution in [0.15, 0.2) is 48.5 Å². The lowest BCUT2D eigenvalue weighted by Crippen LogP contribution is -2.33. The van der Waals surface area contributed by atoms with Crippen LogP contribution in [-0.2, 0) is 26.8 Å². The van der Waals surface area contributed by atoms with Crippen molar-refractivity contribution in [2.45, 2.75) is 84.6 Å². The van der Waals surface area contributed by atoms with Gasteiger partial charge in [0, 0.05) is 19.5 Å². The number of nitrogens with zero attached hydrogens (tertiary/aromatic N) is 1. The first kappa shape index (κ1) is 32.8. The van der Waals surface area contributed by atoms with Gasteiger partial charge in [-0.2, -0.15) is 0 Å². The van der Waals surface area contributed by atoms with E-state index >= 15 is 0 Å². The maximum Gasteiger partial charge on any atom is 0.469 e. The summed E-state index contributed by atoms with van der Waals surface area (Å²) < 4.78 is 27.1. The highest BCUT2D eigenvalue weighted by molar-refractivity contribution is 7.46. The Kier molecular flexibility index (Phi) is 15.8. The Hall–Kier alpha value is -2.38. The third kappa shape index (κ3) is 15.1. The number of carbonyl (C=O) groups excluding carboxylic acids is 1. The van der Waals surface area contributed by atoms with Crippen LogP contribution in [0.4, 0.5) is 0 Å². The van der Waals surface area contributed by atoms with Crippen LogP contribution in [0.1, 0.15) is 82.8 Å². The highest BCUT2D eigenvalue weighted by Crippen LogP contribution is 2.35. The molecule has 9 heteroatoms. The monoisotopic (exact) mass is 563 g/mol. The molecule has 8 nitrogen and oxygen atoms in total. The van der Waals surface area contributed by atoms with Crippen LogP contribution in [0.2, 0.25) is 0 Å². The first-order valence-corrected chi connectivity index (χ1v) is 15.7. The molecule has 0 unspecified atom stereocenters. The summed E-state index contributed by atoms with van der Waals surface area (Å²) in [4.78, 5) is 32.7. The summed E-state index contributed by atoms with van der Waals surface area (Å²) >= 11 is 0. The normalized spacial score (nSPS) is 11.4. The van der Waals surface area contributed by atoms with E-state index in [0.717, 1.165) is 29.0 Å². The summed E-state index contributed by atoms with van der Waals surface area (Å²) in [5.74, 6) is 1.43. The summed E-state index contributed by atoms with van der Waals surface area (Å²) in [5.41, 5.74) is 1.89. The molecular formula is C30H46NO7P. The summed E-state index contributed by atoms with van der Waals surface area (Å²) in [6.07, 6.45) is 10.8. The second kappa shape index (κ2) is 18.8. The maximum atomic E-state index is 13.1. The number of rotatable bonds is 21. The summed E-state index contributed by atoms with van der Waals surface area (Å²) in [5, 5.41) is 0. The topological polar surface area (TPSA) is 106 Å². The fourth-order valence-corrected chi connectivity index (χ4v) is 4.59. The smallest absolute Gasteiger partial charge is 0.469 e. The second-order valence-electron chi connectivity index (χ2n) is 9.69. The first-order chi connectivity index (χ1) is 18.8. The van der Waals surface area contributed by atoms with Gasteiger partial charge in [0.2, 0.25) is 5.91 Å². The number of unbranched alkanes of at least 4 members (excludes halogenated alkanes) is 7. The lowest BCUT2D eigenvalue weighted by Gasteiger charge is -2.23. The number of phosphoric ester groups is 1. The van der Waals surface area contributed by atoms with Crippen LogP contribution in [-0.4, -0.2) is 47.0 Å². The average molecular weight is 564 g/mol. The van der Waals surface area contributed by atoms with E-state index in [1.54, 1.807) is 4.90 Å². The molecule has 0 saturated heterocycles. The van der Waals surface area contributed by atoms with Crippen molar-refractivity contribution in [2.24, 2.45) is 0 Å². The number of hydrogen-bond donors (Lipinski definition) is 2. The first-order valence-electron chi connectivity index (χ1n) is 14.2. The van der Waals surface area contributed by atoms with Gasteiger partial charge in [-0.15, -0.1) is 0 Å². The van der Waals surface area contributed by atoms with E-state index in [2.05, 4.69) is 11.4 Å². The minimum Gasteiger partial charge on any atom is -0.494 e. The van der Waals surface area contributed by atoms with Crippen molar-refractivity contribution < 1.29 is 33.1 Å².